The van der Waals surface area contributed by atoms with E-state index in [0.717, 1.165) is 11.4 Å². The van der Waals surface area contributed by atoms with Crippen molar-refractivity contribution in [1.29, 1.82) is 0 Å². The summed E-state index contributed by atoms with van der Waals surface area (Å²) < 4.78 is 54.3. The molecule has 1 atom stereocenters. The molecule has 0 saturated carbocycles. The minimum Gasteiger partial charge on any atom is -0.384 e. The fraction of sp³-hybridized carbons (Fsp3) is 0.150. The Hall–Kier alpha value is -3.29. The second kappa shape index (κ2) is 7.03. The van der Waals surface area contributed by atoms with Gasteiger partial charge in [0.05, 0.1) is 0 Å². The van der Waals surface area contributed by atoms with Crippen LogP contribution in [0.25, 0.3) is 6.08 Å². The van der Waals surface area contributed by atoms with E-state index in [4.69, 9.17) is 0 Å². The summed E-state index contributed by atoms with van der Waals surface area (Å²) in [7, 11) is 0. The van der Waals surface area contributed by atoms with Gasteiger partial charge in [-0.15, -0.1) is 0 Å². The van der Waals surface area contributed by atoms with Gasteiger partial charge in [-0.25, -0.2) is 17.6 Å². The third kappa shape index (κ3) is 3.21. The lowest BCUT2D eigenvalue weighted by Gasteiger charge is -2.20. The highest BCUT2D eigenvalue weighted by molar-refractivity contribution is 6.03. The molecule has 0 bridgehead atoms. The first kappa shape index (κ1) is 18.1. The van der Waals surface area contributed by atoms with Crippen LogP contribution < -0.4 is 10.6 Å². The van der Waals surface area contributed by atoms with Gasteiger partial charge in [0.2, 0.25) is 0 Å². The Morgan fingerprint density at radius 1 is 1.14 bits per heavy atom. The molecule has 2 aliphatic rings. The predicted octanol–water partition coefficient (Wildman–Crippen LogP) is 3.66. The molecule has 1 aliphatic carbocycles. The van der Waals surface area contributed by atoms with Crippen molar-refractivity contribution >= 4 is 12.0 Å². The number of hydrogen-bond acceptors (Lipinski definition) is 2. The monoisotopic (exact) mass is 389 g/mol. The Kier molecular flexibility index (Phi) is 4.54. The van der Waals surface area contributed by atoms with Crippen LogP contribution in [-0.2, 0) is 11.3 Å². The van der Waals surface area contributed by atoms with Gasteiger partial charge in [-0.3, -0.25) is 4.79 Å². The van der Waals surface area contributed by atoms with Gasteiger partial charge in [-0.05, 0) is 36.8 Å². The fourth-order valence-corrected chi connectivity index (χ4v) is 3.35. The molecule has 1 aliphatic heterocycles. The summed E-state index contributed by atoms with van der Waals surface area (Å²) in [6, 6.07) is 3.81. The number of nitrogens with one attached hydrogen (secondary N) is 3. The molecule has 1 fully saturated rings. The van der Waals surface area contributed by atoms with Crippen molar-refractivity contribution in [2.24, 2.45) is 5.92 Å². The zero-order valence-corrected chi connectivity index (χ0v) is 14.5. The highest BCUT2D eigenvalue weighted by atomic mass is 19.2. The Bertz CT molecular complexity index is 1010. The van der Waals surface area contributed by atoms with Crippen molar-refractivity contribution in [1.82, 2.24) is 15.6 Å². The van der Waals surface area contributed by atoms with E-state index in [1.807, 2.05) is 12.1 Å². The van der Waals surface area contributed by atoms with Gasteiger partial charge in [0.1, 0.15) is 0 Å². The van der Waals surface area contributed by atoms with Crippen LogP contribution in [0.1, 0.15) is 17.7 Å². The van der Waals surface area contributed by atoms with E-state index >= 15 is 0 Å². The molecule has 28 heavy (non-hydrogen) atoms. The predicted molar refractivity (Wildman–Crippen MR) is 94.3 cm³/mol. The zero-order chi connectivity index (χ0) is 19.8. The second-order valence-electron chi connectivity index (χ2n) is 6.55. The Balaban J connectivity index is 1.53. The van der Waals surface area contributed by atoms with E-state index < -0.39 is 35.4 Å². The Morgan fingerprint density at radius 3 is 2.57 bits per heavy atom. The van der Waals surface area contributed by atoms with Gasteiger partial charge in [-0.1, -0.05) is 0 Å². The summed E-state index contributed by atoms with van der Waals surface area (Å²) in [5.41, 5.74) is 1.93. The zero-order valence-electron chi connectivity index (χ0n) is 14.5. The van der Waals surface area contributed by atoms with Gasteiger partial charge in [-0.2, -0.15) is 0 Å². The molecular formula is C20H15F4N3O. The van der Waals surface area contributed by atoms with E-state index in [-0.39, 0.29) is 17.9 Å². The van der Waals surface area contributed by atoms with Gasteiger partial charge in [0.25, 0.3) is 5.91 Å². The number of amides is 1. The molecule has 1 aromatic heterocycles. The average Bonchev–Trinajstić information content (AvgIpc) is 3.29. The van der Waals surface area contributed by atoms with Crippen molar-refractivity contribution in [3.8, 4) is 0 Å². The number of rotatable bonds is 4. The molecule has 4 rings (SSSR count). The van der Waals surface area contributed by atoms with Crippen LogP contribution in [0.2, 0.25) is 0 Å². The third-order valence-corrected chi connectivity index (χ3v) is 4.79. The van der Waals surface area contributed by atoms with Crippen molar-refractivity contribution in [3.63, 3.8) is 0 Å². The van der Waals surface area contributed by atoms with E-state index in [9.17, 15) is 22.4 Å². The number of allylic oxidation sites excluding steroid dienone is 4. The first-order valence-electron chi connectivity index (χ1n) is 8.57. The second-order valence-corrected chi connectivity index (χ2v) is 6.55. The van der Waals surface area contributed by atoms with E-state index in [1.165, 1.54) is 0 Å². The van der Waals surface area contributed by atoms with Crippen molar-refractivity contribution in [2.45, 2.75) is 13.0 Å². The lowest BCUT2D eigenvalue weighted by molar-refractivity contribution is -0.115. The van der Waals surface area contributed by atoms with Crippen LogP contribution in [0, 0.1) is 29.2 Å². The Labute approximate surface area is 157 Å². The molecule has 4 nitrogen and oxygen atoms in total. The largest absolute Gasteiger partial charge is 0.384 e. The molecular weight excluding hydrogens is 374 g/mol. The standard InChI is InChI=1S/C20H15F4N3O/c21-15-8-16(22)19(24)14(18(15)23)9-26-11-3-4-17-12(6-11)13(20(28)27-17)7-10-2-1-5-25-10/h1-5,7-8,12,25-26H,6,9H2,(H,27,28)/b13-7-. The molecule has 2 heterocycles. The maximum absolute atomic E-state index is 13.8. The van der Waals surface area contributed by atoms with E-state index in [2.05, 4.69) is 15.6 Å². The van der Waals surface area contributed by atoms with Crippen LogP contribution in [-0.4, -0.2) is 10.9 Å². The first-order valence-corrected chi connectivity index (χ1v) is 8.57. The quantitative estimate of drug-likeness (QED) is 0.425. The van der Waals surface area contributed by atoms with E-state index in [1.54, 1.807) is 24.4 Å². The molecule has 0 radical (unpaired) electrons. The number of carbonyl (C=O) groups excluding carboxylic acids is 1. The van der Waals surface area contributed by atoms with Gasteiger partial charge in [0.15, 0.2) is 23.3 Å². The number of benzene rings is 1. The summed E-state index contributed by atoms with van der Waals surface area (Å²) in [6.45, 7) is -0.425. The first-order chi connectivity index (χ1) is 13.4. The average molecular weight is 389 g/mol. The van der Waals surface area contributed by atoms with Crippen LogP contribution in [0.4, 0.5) is 17.6 Å². The smallest absolute Gasteiger partial charge is 0.252 e. The summed E-state index contributed by atoms with van der Waals surface area (Å²) in [6.07, 6.45) is 7.21. The molecule has 1 aromatic carbocycles. The number of aromatic amines is 1. The minimum atomic E-state index is -1.45. The SMILES string of the molecule is O=C1NC2=CC=C(NCc3c(F)c(F)cc(F)c3F)CC2/C1=C/c1ccc[nH]1. The summed E-state index contributed by atoms with van der Waals surface area (Å²) in [5, 5.41) is 5.60. The Morgan fingerprint density at radius 2 is 1.89 bits per heavy atom. The number of halogens is 4. The number of hydrogen-bond donors (Lipinski definition) is 3. The number of carbonyl (C=O) groups is 1. The lowest BCUT2D eigenvalue weighted by Crippen LogP contribution is -2.21. The van der Waals surface area contributed by atoms with Crippen molar-refractivity contribution < 1.29 is 22.4 Å². The van der Waals surface area contributed by atoms with Gasteiger partial charge >= 0.3 is 0 Å². The number of H-pyrrole nitrogens is 1. The molecule has 1 unspecified atom stereocenters. The number of fused-ring (bicyclic) bond motifs is 1. The topological polar surface area (TPSA) is 56.9 Å². The summed E-state index contributed by atoms with van der Waals surface area (Å²) in [4.78, 5) is 15.3. The number of aromatic nitrogens is 1. The molecule has 2 aromatic rings. The molecule has 8 heteroatoms. The molecule has 1 amide bonds. The van der Waals surface area contributed by atoms with Crippen LogP contribution >= 0.6 is 0 Å². The molecule has 1 saturated heterocycles. The van der Waals surface area contributed by atoms with Crippen LogP contribution in [0.5, 0.6) is 0 Å². The van der Waals surface area contributed by atoms with Crippen molar-refractivity contribution in [3.05, 3.63) is 88.0 Å². The molecule has 0 spiro atoms. The minimum absolute atomic E-state index is 0.177. The summed E-state index contributed by atoms with van der Waals surface area (Å²) >= 11 is 0. The maximum Gasteiger partial charge on any atom is 0.252 e. The van der Waals surface area contributed by atoms with E-state index in [0.29, 0.717) is 17.7 Å². The third-order valence-electron chi connectivity index (χ3n) is 4.79. The fourth-order valence-electron chi connectivity index (χ4n) is 3.35. The normalized spacial score (nSPS) is 19.9. The van der Waals surface area contributed by atoms with Crippen LogP contribution in [0.3, 0.4) is 0 Å². The van der Waals surface area contributed by atoms with Gasteiger partial charge < -0.3 is 15.6 Å². The lowest BCUT2D eigenvalue weighted by atomic mass is 9.90. The van der Waals surface area contributed by atoms with Crippen molar-refractivity contribution in [2.75, 3.05) is 0 Å². The maximum atomic E-state index is 13.8. The molecule has 3 N–H and O–H groups in total. The highest BCUT2D eigenvalue weighted by Crippen LogP contribution is 2.35. The van der Waals surface area contributed by atoms with Gasteiger partial charge in [0, 0.05) is 53.0 Å². The van der Waals surface area contributed by atoms with Crippen LogP contribution in [0.15, 0.2) is 53.5 Å². The highest BCUT2D eigenvalue weighted by Gasteiger charge is 2.35. The summed E-state index contributed by atoms with van der Waals surface area (Å²) in [5.74, 6) is -6.21. The molecule has 144 valence electrons.